The number of nitrogens with zero attached hydrogens (tertiary/aromatic N) is 1. The molecule has 2 aromatic carbocycles. The summed E-state index contributed by atoms with van der Waals surface area (Å²) in [5.41, 5.74) is 2.85. The molecule has 0 spiro atoms. The molecule has 0 aromatic heterocycles. The zero-order valence-electron chi connectivity index (χ0n) is 15.0. The van der Waals surface area contributed by atoms with Crippen molar-refractivity contribution in [2.24, 2.45) is 4.40 Å². The lowest BCUT2D eigenvalue weighted by molar-refractivity contribution is 0.395. The van der Waals surface area contributed by atoms with Gasteiger partial charge in [-0.3, -0.25) is 0 Å². The van der Waals surface area contributed by atoms with Gasteiger partial charge in [0.05, 0.1) is 19.9 Å². The van der Waals surface area contributed by atoms with Crippen LogP contribution in [-0.2, 0) is 10.0 Å². The van der Waals surface area contributed by atoms with Crippen LogP contribution in [0.25, 0.3) is 4.91 Å². The Kier molecular flexibility index (Phi) is 4.73. The molecule has 0 aliphatic carbocycles. The predicted molar refractivity (Wildman–Crippen MR) is 103 cm³/mol. The molecule has 0 fully saturated rings. The van der Waals surface area contributed by atoms with E-state index in [4.69, 9.17) is 9.47 Å². The highest BCUT2D eigenvalue weighted by Gasteiger charge is 2.31. The smallest absolute Gasteiger partial charge is 0.285 e. The highest BCUT2D eigenvalue weighted by atomic mass is 32.2. The van der Waals surface area contributed by atoms with Gasteiger partial charge >= 0.3 is 0 Å². The highest BCUT2D eigenvalue weighted by Crippen LogP contribution is 2.35. The third kappa shape index (κ3) is 3.30. The van der Waals surface area contributed by atoms with E-state index in [0.717, 1.165) is 5.56 Å². The van der Waals surface area contributed by atoms with Gasteiger partial charge in [0.2, 0.25) is 0 Å². The minimum atomic E-state index is -3.76. The Morgan fingerprint density at radius 3 is 2.27 bits per heavy atom. The van der Waals surface area contributed by atoms with Gasteiger partial charge in [0, 0.05) is 11.6 Å². The van der Waals surface area contributed by atoms with Crippen molar-refractivity contribution < 1.29 is 17.9 Å². The summed E-state index contributed by atoms with van der Waals surface area (Å²) in [6.07, 6.45) is 0. The first kappa shape index (κ1) is 18.0. The number of hydrogen-bond acceptors (Lipinski definition) is 5. The Bertz CT molecular complexity index is 1010. The number of benzene rings is 2. The molecule has 0 amide bonds. The fourth-order valence-corrected chi connectivity index (χ4v) is 4.18. The van der Waals surface area contributed by atoms with Crippen molar-refractivity contribution in [3.05, 3.63) is 59.2 Å². The fourth-order valence-electron chi connectivity index (χ4n) is 2.75. The average Bonchev–Trinajstić information content (AvgIpc) is 2.84. The lowest BCUT2D eigenvalue weighted by atomic mass is 10.1. The van der Waals surface area contributed by atoms with E-state index in [9.17, 15) is 8.42 Å². The van der Waals surface area contributed by atoms with Crippen LogP contribution < -0.4 is 14.8 Å². The second-order valence-electron chi connectivity index (χ2n) is 5.93. The van der Waals surface area contributed by atoms with Gasteiger partial charge in [-0.05, 0) is 31.5 Å². The molecule has 6 nitrogen and oxygen atoms in total. The average molecular weight is 372 g/mol. The minimum Gasteiger partial charge on any atom is -0.497 e. The molecule has 1 heterocycles. The molecule has 0 atom stereocenters. The molecule has 0 radical (unpaired) electrons. The standard InChI is InChI=1S/C19H20N2O4S/c1-12-5-7-14(8-6-12)18-13(2)19(21-26(18,22)23)20-16-10-9-15(24-3)11-17(16)25-4/h5-11H,1-4H3,(H,20,21). The molecule has 0 bridgehead atoms. The van der Waals surface area contributed by atoms with Gasteiger partial charge in [-0.25, -0.2) is 0 Å². The first-order chi connectivity index (χ1) is 12.4. The molecule has 2 aromatic rings. The zero-order chi connectivity index (χ0) is 18.9. The number of anilines is 1. The molecule has 0 unspecified atom stereocenters. The van der Waals surface area contributed by atoms with E-state index < -0.39 is 10.0 Å². The van der Waals surface area contributed by atoms with Crippen molar-refractivity contribution in [2.75, 3.05) is 19.5 Å². The van der Waals surface area contributed by atoms with Crippen LogP contribution in [0.1, 0.15) is 18.1 Å². The summed E-state index contributed by atoms with van der Waals surface area (Å²) in [7, 11) is -0.663. The Morgan fingerprint density at radius 2 is 1.65 bits per heavy atom. The SMILES string of the molecule is COc1ccc(NC2=NS(=O)(=O)C(c3ccc(C)cc3)=C2C)c(OC)c1. The first-order valence-electron chi connectivity index (χ1n) is 7.98. The van der Waals surface area contributed by atoms with Crippen LogP contribution in [0.3, 0.4) is 0 Å². The number of rotatable bonds is 4. The quantitative estimate of drug-likeness (QED) is 0.887. The summed E-state index contributed by atoms with van der Waals surface area (Å²) in [4.78, 5) is 0.215. The Labute approximate surface area is 153 Å². The van der Waals surface area contributed by atoms with Crippen LogP contribution in [0.4, 0.5) is 5.69 Å². The highest BCUT2D eigenvalue weighted by molar-refractivity contribution is 8.00. The van der Waals surface area contributed by atoms with E-state index >= 15 is 0 Å². The van der Waals surface area contributed by atoms with Gasteiger partial charge in [-0.1, -0.05) is 29.8 Å². The monoisotopic (exact) mass is 372 g/mol. The molecule has 136 valence electrons. The summed E-state index contributed by atoms with van der Waals surface area (Å²) in [5, 5.41) is 3.06. The number of ether oxygens (including phenoxy) is 2. The summed E-state index contributed by atoms with van der Waals surface area (Å²) in [6.45, 7) is 3.69. The summed E-state index contributed by atoms with van der Waals surface area (Å²) in [6, 6.07) is 12.6. The van der Waals surface area contributed by atoms with Crippen LogP contribution >= 0.6 is 0 Å². The molecule has 1 aliphatic rings. The molecular formula is C19H20N2O4S. The normalized spacial score (nSPS) is 15.6. The van der Waals surface area contributed by atoms with Crippen molar-refractivity contribution in [3.8, 4) is 11.5 Å². The van der Waals surface area contributed by atoms with Crippen molar-refractivity contribution in [1.29, 1.82) is 0 Å². The second-order valence-corrected chi connectivity index (χ2v) is 7.47. The number of aryl methyl sites for hydroxylation is 1. The van der Waals surface area contributed by atoms with Crippen molar-refractivity contribution in [3.63, 3.8) is 0 Å². The Balaban J connectivity index is 2.00. The van der Waals surface area contributed by atoms with E-state index in [-0.39, 0.29) is 10.7 Å². The Hall–Kier alpha value is -2.80. The third-order valence-electron chi connectivity index (χ3n) is 4.14. The first-order valence-corrected chi connectivity index (χ1v) is 9.42. The number of methoxy groups -OCH3 is 2. The molecule has 26 heavy (non-hydrogen) atoms. The number of amidine groups is 1. The van der Waals surface area contributed by atoms with Gasteiger partial charge in [-0.15, -0.1) is 4.40 Å². The molecule has 1 aliphatic heterocycles. The molecule has 7 heteroatoms. The summed E-state index contributed by atoms with van der Waals surface area (Å²) < 4.78 is 39.6. The number of hydrogen-bond donors (Lipinski definition) is 1. The van der Waals surface area contributed by atoms with E-state index in [0.29, 0.717) is 28.3 Å². The Morgan fingerprint density at radius 1 is 0.962 bits per heavy atom. The molecule has 0 saturated heterocycles. The van der Waals surface area contributed by atoms with E-state index in [1.807, 2.05) is 19.1 Å². The van der Waals surface area contributed by atoms with Crippen LogP contribution in [0.5, 0.6) is 11.5 Å². The molecule has 1 N–H and O–H groups in total. The van der Waals surface area contributed by atoms with E-state index in [1.165, 1.54) is 7.11 Å². The van der Waals surface area contributed by atoms with Crippen LogP contribution in [0, 0.1) is 6.92 Å². The van der Waals surface area contributed by atoms with Crippen LogP contribution in [-0.4, -0.2) is 28.5 Å². The van der Waals surface area contributed by atoms with Crippen LogP contribution in [0.2, 0.25) is 0 Å². The van der Waals surface area contributed by atoms with Gasteiger partial charge in [0.25, 0.3) is 10.0 Å². The zero-order valence-corrected chi connectivity index (χ0v) is 15.8. The fraction of sp³-hybridized carbons (Fsp3) is 0.211. The van der Waals surface area contributed by atoms with Crippen molar-refractivity contribution in [2.45, 2.75) is 13.8 Å². The number of nitrogens with one attached hydrogen (secondary N) is 1. The maximum Gasteiger partial charge on any atom is 0.285 e. The maximum atomic E-state index is 12.6. The number of sulfonamides is 1. The second kappa shape index (κ2) is 6.84. The van der Waals surface area contributed by atoms with Crippen molar-refractivity contribution >= 4 is 26.5 Å². The molecule has 0 saturated carbocycles. The van der Waals surface area contributed by atoms with E-state index in [2.05, 4.69) is 9.71 Å². The van der Waals surface area contributed by atoms with Gasteiger partial charge in [0.1, 0.15) is 22.2 Å². The topological polar surface area (TPSA) is 77.0 Å². The minimum absolute atomic E-state index is 0.215. The van der Waals surface area contributed by atoms with E-state index in [1.54, 1.807) is 44.4 Å². The lowest BCUT2D eigenvalue weighted by Gasteiger charge is -2.12. The summed E-state index contributed by atoms with van der Waals surface area (Å²) >= 11 is 0. The van der Waals surface area contributed by atoms with Gasteiger partial charge in [-0.2, -0.15) is 8.42 Å². The van der Waals surface area contributed by atoms with Gasteiger partial charge in [0.15, 0.2) is 0 Å². The molecular weight excluding hydrogens is 352 g/mol. The third-order valence-corrected chi connectivity index (χ3v) is 5.62. The summed E-state index contributed by atoms with van der Waals surface area (Å²) in [5.74, 6) is 1.45. The van der Waals surface area contributed by atoms with Gasteiger partial charge < -0.3 is 14.8 Å². The largest absolute Gasteiger partial charge is 0.497 e. The lowest BCUT2D eigenvalue weighted by Crippen LogP contribution is -2.12. The molecule has 3 rings (SSSR count). The van der Waals surface area contributed by atoms with Crippen LogP contribution in [0.15, 0.2) is 52.4 Å². The predicted octanol–water partition coefficient (Wildman–Crippen LogP) is 3.60. The maximum absolute atomic E-state index is 12.6. The van der Waals surface area contributed by atoms with Crippen molar-refractivity contribution in [1.82, 2.24) is 0 Å².